The minimum absolute atomic E-state index is 0. The predicted molar refractivity (Wildman–Crippen MR) is 110 cm³/mol. The van der Waals surface area contributed by atoms with Gasteiger partial charge in [-0.1, -0.05) is 6.07 Å². The van der Waals surface area contributed by atoms with Crippen LogP contribution < -0.4 is 10.6 Å². The van der Waals surface area contributed by atoms with Crippen LogP contribution in [0.1, 0.15) is 38.3 Å². The third-order valence-electron chi connectivity index (χ3n) is 4.37. The van der Waals surface area contributed by atoms with Gasteiger partial charge in [0.05, 0.1) is 6.04 Å². The fourth-order valence-electron chi connectivity index (χ4n) is 3.03. The minimum Gasteiger partial charge on any atom is -0.357 e. The average Bonchev–Trinajstić information content (AvgIpc) is 2.55. The van der Waals surface area contributed by atoms with Crippen LogP contribution in [-0.2, 0) is 0 Å². The van der Waals surface area contributed by atoms with Crippen LogP contribution in [-0.4, -0.2) is 44.1 Å². The molecule has 2 unspecified atom stereocenters. The van der Waals surface area contributed by atoms with Gasteiger partial charge in [0.2, 0.25) is 0 Å². The number of nitrogens with one attached hydrogen (secondary N) is 2. The molecule has 0 bridgehead atoms. The Morgan fingerprint density at radius 2 is 2.12 bits per heavy atom. The van der Waals surface area contributed by atoms with E-state index in [1.54, 1.807) is 6.07 Å². The fourth-order valence-corrected chi connectivity index (χ4v) is 3.03. The van der Waals surface area contributed by atoms with E-state index >= 15 is 0 Å². The Hall–Kier alpha value is -0.960. The normalized spacial score (nSPS) is 19.9. The van der Waals surface area contributed by atoms with Gasteiger partial charge in [0.15, 0.2) is 17.6 Å². The zero-order valence-electron chi connectivity index (χ0n) is 15.2. The summed E-state index contributed by atoms with van der Waals surface area (Å²) in [6.45, 7) is 7.67. The van der Waals surface area contributed by atoms with Crippen molar-refractivity contribution in [1.82, 2.24) is 15.5 Å². The summed E-state index contributed by atoms with van der Waals surface area (Å²) in [4.78, 5) is 7.02. The Kier molecular flexibility index (Phi) is 9.63. The molecule has 2 rings (SSSR count). The maximum absolute atomic E-state index is 13.4. The number of nitrogens with zero attached hydrogens (tertiary/aromatic N) is 2. The lowest BCUT2D eigenvalue weighted by Crippen LogP contribution is -2.40. The van der Waals surface area contributed by atoms with Gasteiger partial charge in [0.1, 0.15) is 0 Å². The number of benzene rings is 1. The summed E-state index contributed by atoms with van der Waals surface area (Å²) in [6.07, 6.45) is 2.41. The van der Waals surface area contributed by atoms with Gasteiger partial charge in [-0.05, 0) is 63.9 Å². The van der Waals surface area contributed by atoms with Gasteiger partial charge < -0.3 is 15.5 Å². The van der Waals surface area contributed by atoms with Gasteiger partial charge in [0.25, 0.3) is 0 Å². The van der Waals surface area contributed by atoms with E-state index in [9.17, 15) is 8.78 Å². The second-order valence-corrected chi connectivity index (χ2v) is 6.53. The van der Waals surface area contributed by atoms with Crippen LogP contribution in [0.2, 0.25) is 0 Å². The second-order valence-electron chi connectivity index (χ2n) is 6.53. The van der Waals surface area contributed by atoms with E-state index in [2.05, 4.69) is 27.6 Å². The standard InChI is InChI=1S/C18H28F2N4.HI/c1-4-21-18(22-11-14-6-5-9-24(3)12-14)23-13(2)15-7-8-16(19)17(20)10-15;/h7-8,10,13-14H,4-6,9,11-12H2,1-3H3,(H2,21,22,23);1H. The lowest BCUT2D eigenvalue weighted by Gasteiger charge is -2.29. The Morgan fingerprint density at radius 1 is 1.36 bits per heavy atom. The summed E-state index contributed by atoms with van der Waals surface area (Å²) >= 11 is 0. The monoisotopic (exact) mass is 466 g/mol. The van der Waals surface area contributed by atoms with Crippen molar-refractivity contribution in [2.75, 3.05) is 33.2 Å². The van der Waals surface area contributed by atoms with Crippen LogP contribution in [0.5, 0.6) is 0 Å². The molecular formula is C18H29F2IN4. The summed E-state index contributed by atoms with van der Waals surface area (Å²) < 4.78 is 26.5. The topological polar surface area (TPSA) is 39.7 Å². The Bertz CT molecular complexity index is 568. The zero-order chi connectivity index (χ0) is 17.5. The highest BCUT2D eigenvalue weighted by Gasteiger charge is 2.17. The van der Waals surface area contributed by atoms with Crippen molar-refractivity contribution >= 4 is 29.9 Å². The first-order chi connectivity index (χ1) is 11.5. The van der Waals surface area contributed by atoms with E-state index in [0.717, 1.165) is 32.2 Å². The lowest BCUT2D eigenvalue weighted by molar-refractivity contribution is 0.214. The number of halogens is 3. The molecule has 1 heterocycles. The maximum atomic E-state index is 13.4. The molecule has 7 heteroatoms. The zero-order valence-corrected chi connectivity index (χ0v) is 17.5. The molecule has 0 aliphatic carbocycles. The van der Waals surface area contributed by atoms with Crippen molar-refractivity contribution in [2.24, 2.45) is 10.9 Å². The molecule has 4 nitrogen and oxygen atoms in total. The van der Waals surface area contributed by atoms with Gasteiger partial charge in [-0.25, -0.2) is 8.78 Å². The van der Waals surface area contributed by atoms with Gasteiger partial charge in [-0.15, -0.1) is 24.0 Å². The van der Waals surface area contributed by atoms with Gasteiger partial charge >= 0.3 is 0 Å². The van der Waals surface area contributed by atoms with Crippen LogP contribution in [0.15, 0.2) is 23.2 Å². The number of piperidine rings is 1. The second kappa shape index (κ2) is 10.9. The van der Waals surface area contributed by atoms with E-state index in [0.29, 0.717) is 17.4 Å². The highest BCUT2D eigenvalue weighted by atomic mass is 127. The highest BCUT2D eigenvalue weighted by molar-refractivity contribution is 14.0. The number of hydrogen-bond donors (Lipinski definition) is 2. The number of likely N-dealkylation sites (tertiary alicyclic amines) is 1. The lowest BCUT2D eigenvalue weighted by atomic mass is 9.99. The molecule has 1 aliphatic heterocycles. The minimum atomic E-state index is -0.826. The van der Waals surface area contributed by atoms with E-state index in [-0.39, 0.29) is 30.0 Å². The van der Waals surface area contributed by atoms with Crippen LogP contribution in [0.3, 0.4) is 0 Å². The molecule has 1 aromatic rings. The molecular weight excluding hydrogens is 437 g/mol. The Balaban J connectivity index is 0.00000312. The van der Waals surface area contributed by atoms with E-state index < -0.39 is 11.6 Å². The van der Waals surface area contributed by atoms with Crippen LogP contribution in [0.4, 0.5) is 8.78 Å². The number of aliphatic imine (C=N–C) groups is 1. The van der Waals surface area contributed by atoms with Gasteiger partial charge in [-0.3, -0.25) is 4.99 Å². The summed E-state index contributed by atoms with van der Waals surface area (Å²) in [6, 6.07) is 3.82. The first-order valence-electron chi connectivity index (χ1n) is 8.68. The molecule has 0 saturated carbocycles. The quantitative estimate of drug-likeness (QED) is 0.396. The Labute approximate surface area is 166 Å². The highest BCUT2D eigenvalue weighted by Crippen LogP contribution is 2.17. The van der Waals surface area contributed by atoms with Crippen molar-refractivity contribution in [3.63, 3.8) is 0 Å². The van der Waals surface area contributed by atoms with E-state index in [1.165, 1.54) is 18.9 Å². The molecule has 2 atom stereocenters. The Morgan fingerprint density at radius 3 is 2.76 bits per heavy atom. The molecule has 0 radical (unpaired) electrons. The molecule has 0 spiro atoms. The molecule has 2 N–H and O–H groups in total. The molecule has 25 heavy (non-hydrogen) atoms. The van der Waals surface area contributed by atoms with E-state index in [1.807, 2.05) is 13.8 Å². The number of hydrogen-bond acceptors (Lipinski definition) is 2. The maximum Gasteiger partial charge on any atom is 0.191 e. The number of rotatable bonds is 5. The van der Waals surface area contributed by atoms with Crippen molar-refractivity contribution in [2.45, 2.75) is 32.7 Å². The van der Waals surface area contributed by atoms with Crippen LogP contribution in [0.25, 0.3) is 0 Å². The molecule has 1 fully saturated rings. The van der Waals surface area contributed by atoms with Crippen molar-refractivity contribution in [3.8, 4) is 0 Å². The largest absolute Gasteiger partial charge is 0.357 e. The third kappa shape index (κ3) is 7.05. The smallest absolute Gasteiger partial charge is 0.191 e. The van der Waals surface area contributed by atoms with Crippen LogP contribution >= 0.6 is 24.0 Å². The first kappa shape index (κ1) is 22.1. The van der Waals surface area contributed by atoms with Gasteiger partial charge in [0, 0.05) is 19.6 Å². The SMILES string of the molecule is CCNC(=NCC1CCCN(C)C1)NC(C)c1ccc(F)c(F)c1.I. The average molecular weight is 466 g/mol. The predicted octanol–water partition coefficient (Wildman–Crippen LogP) is 3.54. The molecule has 1 aliphatic rings. The van der Waals surface area contributed by atoms with E-state index in [4.69, 9.17) is 0 Å². The summed E-state index contributed by atoms with van der Waals surface area (Å²) in [5, 5.41) is 6.49. The van der Waals surface area contributed by atoms with Crippen molar-refractivity contribution < 1.29 is 8.78 Å². The van der Waals surface area contributed by atoms with Crippen molar-refractivity contribution in [1.29, 1.82) is 0 Å². The molecule has 1 saturated heterocycles. The summed E-state index contributed by atoms with van der Waals surface area (Å²) in [7, 11) is 2.14. The van der Waals surface area contributed by atoms with Crippen molar-refractivity contribution in [3.05, 3.63) is 35.4 Å². The molecule has 0 aromatic heterocycles. The summed E-state index contributed by atoms with van der Waals surface area (Å²) in [5.41, 5.74) is 0.692. The first-order valence-corrected chi connectivity index (χ1v) is 8.68. The summed E-state index contributed by atoms with van der Waals surface area (Å²) in [5.74, 6) is -0.373. The number of guanidine groups is 1. The molecule has 142 valence electrons. The molecule has 1 aromatic carbocycles. The molecule has 0 amide bonds. The third-order valence-corrected chi connectivity index (χ3v) is 4.37. The van der Waals surface area contributed by atoms with Crippen LogP contribution in [0, 0.1) is 17.6 Å². The fraction of sp³-hybridized carbons (Fsp3) is 0.611. The van der Waals surface area contributed by atoms with Gasteiger partial charge in [-0.2, -0.15) is 0 Å².